The van der Waals surface area contributed by atoms with Crippen LogP contribution < -0.4 is 5.32 Å². The third kappa shape index (κ3) is 3.36. The first kappa shape index (κ1) is 14.1. The predicted octanol–water partition coefficient (Wildman–Crippen LogP) is 2.52. The van der Waals surface area contributed by atoms with Gasteiger partial charge in [-0.2, -0.15) is 5.10 Å². The van der Waals surface area contributed by atoms with E-state index in [1.807, 2.05) is 11.7 Å². The number of nitrogens with one attached hydrogen (secondary N) is 1. The average Bonchev–Trinajstić information content (AvgIpc) is 2.92. The maximum Gasteiger partial charge on any atom is 0.138 e. The number of likely N-dealkylation sites (N-methyl/N-ethyl adjacent to an activating group) is 1. The minimum Gasteiger partial charge on any atom is -0.313 e. The van der Waals surface area contributed by atoms with Gasteiger partial charge in [0.1, 0.15) is 12.2 Å². The van der Waals surface area contributed by atoms with E-state index >= 15 is 0 Å². The Bertz CT molecular complexity index is 506. The van der Waals surface area contributed by atoms with Crippen LogP contribution in [0.25, 0.3) is 0 Å². The van der Waals surface area contributed by atoms with Gasteiger partial charge in [0.15, 0.2) is 0 Å². The van der Waals surface area contributed by atoms with E-state index in [0.29, 0.717) is 0 Å². The molecule has 0 aliphatic carbocycles. The summed E-state index contributed by atoms with van der Waals surface area (Å²) in [4.78, 5) is 5.63. The van der Waals surface area contributed by atoms with Crippen molar-refractivity contribution in [2.24, 2.45) is 0 Å². The maximum absolute atomic E-state index is 4.34. The molecule has 1 aromatic heterocycles. The van der Waals surface area contributed by atoms with E-state index in [9.17, 15) is 0 Å². The monoisotopic (exact) mass is 276 g/mol. The molecule has 0 aliphatic heterocycles. The minimum atomic E-state index is 0.269. The van der Waals surface area contributed by atoms with E-state index in [1.165, 1.54) is 10.5 Å². The average molecular weight is 276 g/mol. The summed E-state index contributed by atoms with van der Waals surface area (Å²) in [6.07, 6.45) is 4.57. The molecule has 1 unspecified atom stereocenters. The first-order valence-electron chi connectivity index (χ1n) is 6.46. The summed E-state index contributed by atoms with van der Waals surface area (Å²) < 4.78 is 1.95. The second kappa shape index (κ2) is 6.73. The van der Waals surface area contributed by atoms with Crippen LogP contribution >= 0.6 is 11.8 Å². The Hall–Kier alpha value is -1.33. The fourth-order valence-electron chi connectivity index (χ4n) is 2.12. The highest BCUT2D eigenvalue weighted by molar-refractivity contribution is 7.98. The summed E-state index contributed by atoms with van der Waals surface area (Å²) in [7, 11) is 1.99. The van der Waals surface area contributed by atoms with E-state index in [4.69, 9.17) is 0 Å². The first-order chi connectivity index (χ1) is 9.28. The number of hydrogen-bond donors (Lipinski definition) is 1. The van der Waals surface area contributed by atoms with Crippen LogP contribution in [0.3, 0.4) is 0 Å². The van der Waals surface area contributed by atoms with Gasteiger partial charge in [-0.15, -0.1) is 11.8 Å². The first-order valence-corrected chi connectivity index (χ1v) is 7.68. The molecule has 1 atom stereocenters. The second-order valence-corrected chi connectivity index (χ2v) is 5.19. The fourth-order valence-corrected chi connectivity index (χ4v) is 2.52. The summed E-state index contributed by atoms with van der Waals surface area (Å²) in [5.74, 6) is 1.02. The van der Waals surface area contributed by atoms with Crippen LogP contribution in [0.2, 0.25) is 0 Å². The van der Waals surface area contributed by atoms with Crippen LogP contribution in [0.15, 0.2) is 35.5 Å². The molecule has 1 aromatic carbocycles. The van der Waals surface area contributed by atoms with Crippen LogP contribution in [0.5, 0.6) is 0 Å². The molecule has 2 rings (SSSR count). The molecule has 0 radical (unpaired) electrons. The summed E-state index contributed by atoms with van der Waals surface area (Å²) in [5, 5.41) is 7.58. The van der Waals surface area contributed by atoms with Gasteiger partial charge in [-0.1, -0.05) is 12.1 Å². The maximum atomic E-state index is 4.34. The molecular weight excluding hydrogens is 256 g/mol. The van der Waals surface area contributed by atoms with Gasteiger partial charge in [0.25, 0.3) is 0 Å². The van der Waals surface area contributed by atoms with Crippen molar-refractivity contribution in [1.29, 1.82) is 0 Å². The molecule has 4 nitrogen and oxygen atoms in total. The molecular formula is C14H20N4S. The Labute approximate surface area is 118 Å². The van der Waals surface area contributed by atoms with Crippen molar-refractivity contribution in [1.82, 2.24) is 20.1 Å². The number of thioether (sulfide) groups is 1. The summed E-state index contributed by atoms with van der Waals surface area (Å²) in [6, 6.07) is 8.95. The highest BCUT2D eigenvalue weighted by Gasteiger charge is 2.13. The van der Waals surface area contributed by atoms with Gasteiger partial charge in [-0.3, -0.25) is 4.68 Å². The summed E-state index contributed by atoms with van der Waals surface area (Å²) in [5.41, 5.74) is 1.28. The molecule has 0 bridgehead atoms. The zero-order valence-corrected chi connectivity index (χ0v) is 12.4. The van der Waals surface area contributed by atoms with Crippen LogP contribution in [-0.2, 0) is 13.0 Å². The third-order valence-corrected chi connectivity index (χ3v) is 3.99. The third-order valence-electron chi connectivity index (χ3n) is 3.25. The van der Waals surface area contributed by atoms with E-state index in [2.05, 4.69) is 52.8 Å². The Morgan fingerprint density at radius 1 is 1.32 bits per heavy atom. The molecule has 0 saturated heterocycles. The molecule has 0 spiro atoms. The van der Waals surface area contributed by atoms with Crippen molar-refractivity contribution < 1.29 is 0 Å². The lowest BCUT2D eigenvalue weighted by Gasteiger charge is -2.16. The molecule has 1 N–H and O–H groups in total. The van der Waals surface area contributed by atoms with Gasteiger partial charge < -0.3 is 5.32 Å². The Kier molecular flexibility index (Phi) is 4.99. The van der Waals surface area contributed by atoms with Gasteiger partial charge >= 0.3 is 0 Å². The lowest BCUT2D eigenvalue weighted by molar-refractivity contribution is 0.533. The fraction of sp³-hybridized carbons (Fsp3) is 0.429. The molecule has 1 heterocycles. The van der Waals surface area contributed by atoms with Crippen molar-refractivity contribution in [3.8, 4) is 0 Å². The summed E-state index contributed by atoms with van der Waals surface area (Å²) in [6.45, 7) is 2.94. The number of hydrogen-bond acceptors (Lipinski definition) is 4. The number of rotatable bonds is 6. The largest absolute Gasteiger partial charge is 0.313 e. The van der Waals surface area contributed by atoms with Crippen molar-refractivity contribution in [3.05, 3.63) is 42.0 Å². The second-order valence-electron chi connectivity index (χ2n) is 4.31. The highest BCUT2D eigenvalue weighted by atomic mass is 32.2. The van der Waals surface area contributed by atoms with Crippen molar-refractivity contribution >= 4 is 11.8 Å². The lowest BCUT2D eigenvalue weighted by atomic mass is 10.0. The minimum absolute atomic E-state index is 0.269. The SMILES string of the molecule is CCn1ncnc1CC(NC)c1ccc(SC)cc1. The van der Waals surface area contributed by atoms with Gasteiger partial charge in [0.05, 0.1) is 0 Å². The summed E-state index contributed by atoms with van der Waals surface area (Å²) >= 11 is 1.76. The Morgan fingerprint density at radius 3 is 2.63 bits per heavy atom. The van der Waals surface area contributed by atoms with Crippen molar-refractivity contribution in [2.75, 3.05) is 13.3 Å². The van der Waals surface area contributed by atoms with E-state index in [0.717, 1.165) is 18.8 Å². The van der Waals surface area contributed by atoms with Crippen LogP contribution in [0.1, 0.15) is 24.4 Å². The Morgan fingerprint density at radius 2 is 2.05 bits per heavy atom. The van der Waals surface area contributed by atoms with Crippen LogP contribution in [0, 0.1) is 0 Å². The normalized spacial score (nSPS) is 12.6. The van der Waals surface area contributed by atoms with E-state index in [1.54, 1.807) is 18.1 Å². The standard InChI is InChI=1S/C14H20N4S/c1-4-18-14(16-10-17-18)9-13(15-2)11-5-7-12(19-3)8-6-11/h5-8,10,13,15H,4,9H2,1-3H3. The topological polar surface area (TPSA) is 42.7 Å². The van der Waals surface area contributed by atoms with Crippen molar-refractivity contribution in [2.45, 2.75) is 30.8 Å². The smallest absolute Gasteiger partial charge is 0.138 e. The molecule has 0 saturated carbocycles. The molecule has 0 fully saturated rings. The predicted molar refractivity (Wildman–Crippen MR) is 79.4 cm³/mol. The zero-order chi connectivity index (χ0) is 13.7. The highest BCUT2D eigenvalue weighted by Crippen LogP contribution is 2.21. The number of nitrogens with zero attached hydrogens (tertiary/aromatic N) is 3. The molecule has 102 valence electrons. The molecule has 0 aliphatic rings. The zero-order valence-electron chi connectivity index (χ0n) is 11.6. The Balaban J connectivity index is 2.15. The number of benzene rings is 1. The molecule has 0 amide bonds. The van der Waals surface area contributed by atoms with Gasteiger partial charge in [0.2, 0.25) is 0 Å². The van der Waals surface area contributed by atoms with Gasteiger partial charge in [0, 0.05) is 23.9 Å². The van der Waals surface area contributed by atoms with Crippen LogP contribution in [-0.4, -0.2) is 28.1 Å². The molecule has 2 aromatic rings. The van der Waals surface area contributed by atoms with Crippen LogP contribution in [0.4, 0.5) is 0 Å². The van der Waals surface area contributed by atoms with E-state index < -0.39 is 0 Å². The van der Waals surface area contributed by atoms with Gasteiger partial charge in [-0.25, -0.2) is 4.98 Å². The number of aryl methyl sites for hydroxylation is 1. The van der Waals surface area contributed by atoms with E-state index in [-0.39, 0.29) is 6.04 Å². The lowest BCUT2D eigenvalue weighted by Crippen LogP contribution is -2.21. The number of aromatic nitrogens is 3. The molecule has 5 heteroatoms. The molecule has 19 heavy (non-hydrogen) atoms. The van der Waals surface area contributed by atoms with Gasteiger partial charge in [-0.05, 0) is 37.9 Å². The van der Waals surface area contributed by atoms with Crippen molar-refractivity contribution in [3.63, 3.8) is 0 Å². The quantitative estimate of drug-likeness (QED) is 0.823.